The molecule has 0 radical (unpaired) electrons. The van der Waals surface area contributed by atoms with E-state index in [9.17, 15) is 13.2 Å². The van der Waals surface area contributed by atoms with E-state index in [1.807, 2.05) is 23.6 Å². The molecule has 1 aromatic carbocycles. The number of thiazole rings is 1. The molecule has 0 unspecified atom stereocenters. The van der Waals surface area contributed by atoms with Gasteiger partial charge in [-0.3, -0.25) is 4.79 Å². The summed E-state index contributed by atoms with van der Waals surface area (Å²) in [6.45, 7) is 2.47. The Morgan fingerprint density at radius 1 is 1.38 bits per heavy atom. The standard InChI is InChI=1S/C14H17N3O5S2/c1-4-17-9-5-10-11(22-8-21-10)6-12(9)23-14(17)15-13(18)7-16(2)24(3,19)20/h5-6H,4,7-8H2,1-3H3. The molecular weight excluding hydrogens is 354 g/mol. The molecule has 130 valence electrons. The van der Waals surface area contributed by atoms with Crippen molar-refractivity contribution in [2.45, 2.75) is 13.5 Å². The lowest BCUT2D eigenvalue weighted by molar-refractivity contribution is -0.118. The molecule has 0 fully saturated rings. The molecule has 24 heavy (non-hydrogen) atoms. The van der Waals surface area contributed by atoms with E-state index in [4.69, 9.17) is 9.47 Å². The molecule has 0 aliphatic carbocycles. The number of aromatic nitrogens is 1. The van der Waals surface area contributed by atoms with Crippen LogP contribution in [0.25, 0.3) is 10.2 Å². The highest BCUT2D eigenvalue weighted by atomic mass is 32.2. The molecule has 8 nitrogen and oxygen atoms in total. The first-order chi connectivity index (χ1) is 11.3. The van der Waals surface area contributed by atoms with Gasteiger partial charge in [0.05, 0.1) is 23.0 Å². The largest absolute Gasteiger partial charge is 0.454 e. The zero-order chi connectivity index (χ0) is 17.5. The second-order valence-electron chi connectivity index (χ2n) is 5.33. The van der Waals surface area contributed by atoms with E-state index in [1.54, 1.807) is 0 Å². The van der Waals surface area contributed by atoms with Crippen LogP contribution in [0.5, 0.6) is 11.5 Å². The summed E-state index contributed by atoms with van der Waals surface area (Å²) in [7, 11) is -2.07. The number of fused-ring (bicyclic) bond motifs is 2. The van der Waals surface area contributed by atoms with Crippen molar-refractivity contribution in [3.63, 3.8) is 0 Å². The number of carbonyl (C=O) groups excluding carboxylic acids is 1. The summed E-state index contributed by atoms with van der Waals surface area (Å²) in [5.74, 6) is 0.815. The Labute approximate surface area is 143 Å². The molecule has 0 N–H and O–H groups in total. The van der Waals surface area contributed by atoms with Crippen molar-refractivity contribution >= 4 is 37.5 Å². The van der Waals surface area contributed by atoms with Crippen molar-refractivity contribution in [1.82, 2.24) is 8.87 Å². The Morgan fingerprint density at radius 2 is 2.04 bits per heavy atom. The topological polar surface area (TPSA) is 90.2 Å². The average molecular weight is 371 g/mol. The van der Waals surface area contributed by atoms with E-state index >= 15 is 0 Å². The lowest BCUT2D eigenvalue weighted by atomic mass is 10.3. The van der Waals surface area contributed by atoms with Crippen LogP contribution in [0.2, 0.25) is 0 Å². The van der Waals surface area contributed by atoms with Gasteiger partial charge in [0.2, 0.25) is 16.8 Å². The Hall–Kier alpha value is -1.91. The van der Waals surface area contributed by atoms with Crippen molar-refractivity contribution in [2.75, 3.05) is 26.6 Å². The normalized spacial score (nSPS) is 14.8. The van der Waals surface area contributed by atoms with Gasteiger partial charge in [0.25, 0.3) is 5.91 Å². The van der Waals surface area contributed by atoms with Crippen LogP contribution < -0.4 is 14.3 Å². The minimum Gasteiger partial charge on any atom is -0.454 e. The van der Waals surface area contributed by atoms with E-state index in [1.165, 1.54) is 18.4 Å². The SMILES string of the molecule is CCn1c(=NC(=O)CN(C)S(C)(=O)=O)sc2cc3c(cc21)OCO3. The maximum atomic E-state index is 12.1. The predicted molar refractivity (Wildman–Crippen MR) is 89.7 cm³/mol. The number of benzene rings is 1. The molecule has 3 rings (SSSR count). The van der Waals surface area contributed by atoms with E-state index in [0.29, 0.717) is 22.8 Å². The monoisotopic (exact) mass is 371 g/mol. The average Bonchev–Trinajstić information content (AvgIpc) is 3.06. The summed E-state index contributed by atoms with van der Waals surface area (Å²) in [4.78, 5) is 16.7. The first kappa shape index (κ1) is 16.9. The molecule has 1 aromatic heterocycles. The molecule has 1 aliphatic rings. The number of ether oxygens (including phenoxy) is 2. The van der Waals surface area contributed by atoms with Crippen molar-refractivity contribution < 1.29 is 22.7 Å². The van der Waals surface area contributed by atoms with Gasteiger partial charge >= 0.3 is 0 Å². The van der Waals surface area contributed by atoms with Gasteiger partial charge in [-0.1, -0.05) is 11.3 Å². The van der Waals surface area contributed by atoms with Gasteiger partial charge < -0.3 is 14.0 Å². The third-order valence-corrected chi connectivity index (χ3v) is 5.94. The predicted octanol–water partition coefficient (Wildman–Crippen LogP) is 0.770. The second kappa shape index (κ2) is 6.19. The van der Waals surface area contributed by atoms with Crippen LogP contribution in [0.1, 0.15) is 6.92 Å². The maximum Gasteiger partial charge on any atom is 0.263 e. The van der Waals surface area contributed by atoms with E-state index in [0.717, 1.165) is 20.8 Å². The number of rotatable bonds is 4. The van der Waals surface area contributed by atoms with Crippen molar-refractivity contribution in [3.8, 4) is 11.5 Å². The quantitative estimate of drug-likeness (QED) is 0.792. The summed E-state index contributed by atoms with van der Waals surface area (Å²) in [6.07, 6.45) is 1.05. The molecule has 0 spiro atoms. The number of amides is 1. The number of nitrogens with zero attached hydrogens (tertiary/aromatic N) is 3. The summed E-state index contributed by atoms with van der Waals surface area (Å²) in [5, 5.41) is 0. The molecule has 0 saturated carbocycles. The molecule has 1 amide bonds. The van der Waals surface area contributed by atoms with Gasteiger partial charge in [-0.05, 0) is 6.92 Å². The van der Waals surface area contributed by atoms with Crippen LogP contribution in [-0.4, -0.2) is 49.8 Å². The smallest absolute Gasteiger partial charge is 0.263 e. The first-order valence-corrected chi connectivity index (χ1v) is 9.88. The minimum absolute atomic E-state index is 0.201. The zero-order valence-electron chi connectivity index (χ0n) is 13.5. The summed E-state index contributed by atoms with van der Waals surface area (Å²) in [5.41, 5.74) is 0.898. The summed E-state index contributed by atoms with van der Waals surface area (Å²) in [6, 6.07) is 3.73. The van der Waals surface area contributed by atoms with Crippen molar-refractivity contribution in [3.05, 3.63) is 16.9 Å². The third kappa shape index (κ3) is 3.17. The van der Waals surface area contributed by atoms with Crippen LogP contribution in [0.4, 0.5) is 0 Å². The lowest BCUT2D eigenvalue weighted by Gasteiger charge is -2.10. The Kier molecular flexibility index (Phi) is 4.37. The van der Waals surface area contributed by atoms with Gasteiger partial charge in [0.1, 0.15) is 0 Å². The Morgan fingerprint density at radius 3 is 2.67 bits per heavy atom. The number of sulfonamides is 1. The van der Waals surface area contributed by atoms with Crippen LogP contribution in [0, 0.1) is 0 Å². The lowest BCUT2D eigenvalue weighted by Crippen LogP contribution is -2.31. The first-order valence-electron chi connectivity index (χ1n) is 7.21. The number of carbonyl (C=O) groups is 1. The van der Waals surface area contributed by atoms with Crippen LogP contribution >= 0.6 is 11.3 Å². The zero-order valence-corrected chi connectivity index (χ0v) is 15.1. The summed E-state index contributed by atoms with van der Waals surface area (Å²) < 4.78 is 37.3. The highest BCUT2D eigenvalue weighted by molar-refractivity contribution is 7.88. The number of aryl methyl sites for hydroxylation is 1. The Balaban J connectivity index is 2.01. The molecule has 10 heteroatoms. The Bertz CT molecular complexity index is 974. The van der Waals surface area contributed by atoms with Crippen LogP contribution in [-0.2, 0) is 21.4 Å². The van der Waals surface area contributed by atoms with E-state index < -0.39 is 15.9 Å². The van der Waals surface area contributed by atoms with Gasteiger partial charge in [-0.25, -0.2) is 8.42 Å². The minimum atomic E-state index is -3.42. The van der Waals surface area contributed by atoms with Gasteiger partial charge in [-0.2, -0.15) is 9.30 Å². The van der Waals surface area contributed by atoms with Gasteiger partial charge in [-0.15, -0.1) is 0 Å². The molecule has 0 bridgehead atoms. The molecule has 1 aliphatic heterocycles. The molecule has 0 atom stereocenters. The fraction of sp³-hybridized carbons (Fsp3) is 0.429. The van der Waals surface area contributed by atoms with Crippen molar-refractivity contribution in [2.24, 2.45) is 4.99 Å². The molecule has 2 aromatic rings. The van der Waals surface area contributed by atoms with Gasteiger partial charge in [0.15, 0.2) is 16.3 Å². The number of hydrogen-bond donors (Lipinski definition) is 0. The molecule has 0 saturated heterocycles. The highest BCUT2D eigenvalue weighted by Crippen LogP contribution is 2.36. The third-order valence-electron chi connectivity index (χ3n) is 3.64. The number of likely N-dealkylation sites (N-methyl/N-ethyl adjacent to an activating group) is 1. The fourth-order valence-electron chi connectivity index (χ4n) is 2.30. The number of hydrogen-bond acceptors (Lipinski definition) is 6. The highest BCUT2D eigenvalue weighted by Gasteiger charge is 2.18. The molecular formula is C14H17N3O5S2. The van der Waals surface area contributed by atoms with E-state index in [-0.39, 0.29) is 13.3 Å². The fourth-order valence-corrected chi connectivity index (χ4v) is 3.77. The van der Waals surface area contributed by atoms with Gasteiger partial charge in [0, 0.05) is 25.7 Å². The maximum absolute atomic E-state index is 12.1. The van der Waals surface area contributed by atoms with Crippen LogP contribution in [0.15, 0.2) is 17.1 Å². The summed E-state index contributed by atoms with van der Waals surface area (Å²) >= 11 is 1.35. The van der Waals surface area contributed by atoms with Crippen molar-refractivity contribution in [1.29, 1.82) is 0 Å². The molecule has 2 heterocycles. The van der Waals surface area contributed by atoms with Crippen LogP contribution in [0.3, 0.4) is 0 Å². The van der Waals surface area contributed by atoms with E-state index in [2.05, 4.69) is 4.99 Å². The second-order valence-corrected chi connectivity index (χ2v) is 8.43.